The van der Waals surface area contributed by atoms with Crippen molar-refractivity contribution in [2.24, 2.45) is 5.92 Å². The largest absolute Gasteiger partial charge is 0.339 e. The van der Waals surface area contributed by atoms with Crippen molar-refractivity contribution in [3.05, 3.63) is 22.4 Å². The molecule has 132 valence electrons. The van der Waals surface area contributed by atoms with Gasteiger partial charge in [0.15, 0.2) is 5.13 Å². The molecule has 1 N–H and O–H groups in total. The Labute approximate surface area is 155 Å². The first-order valence-corrected chi connectivity index (χ1v) is 10.4. The second-order valence-corrected chi connectivity index (χ2v) is 8.97. The van der Waals surface area contributed by atoms with Crippen LogP contribution in [-0.4, -0.2) is 34.3 Å². The summed E-state index contributed by atoms with van der Waals surface area (Å²) in [6, 6.07) is 4.47. The van der Waals surface area contributed by atoms with Crippen LogP contribution in [0.15, 0.2) is 17.5 Å². The molecule has 2 aromatic heterocycles. The summed E-state index contributed by atoms with van der Waals surface area (Å²) < 4.78 is 0. The maximum Gasteiger partial charge on any atom is 0.231 e. The first-order valence-electron chi connectivity index (χ1n) is 8.73. The highest BCUT2D eigenvalue weighted by molar-refractivity contribution is 7.17. The van der Waals surface area contributed by atoms with Crippen molar-refractivity contribution in [1.29, 1.82) is 0 Å². The average molecular weight is 376 g/mol. The Morgan fingerprint density at radius 3 is 2.84 bits per heavy atom. The first-order chi connectivity index (χ1) is 12.1. The quantitative estimate of drug-likeness (QED) is 0.881. The van der Waals surface area contributed by atoms with Gasteiger partial charge in [-0.1, -0.05) is 12.8 Å². The number of hydrogen-bond donors (Lipinski definition) is 1. The standard InChI is InChI=1S/C18H21N3O2S2/c1-11-6-7-15(25-11)14-10-24-18(19-14)20-17(23)12-8-16(22)21(9-12)13-4-2-3-5-13/h6-7,10,12-13H,2-5,8-9H2,1H3,(H,19,20,23)/t12-/m0/s1. The molecule has 25 heavy (non-hydrogen) atoms. The summed E-state index contributed by atoms with van der Waals surface area (Å²) in [5.74, 6) is -0.220. The number of aromatic nitrogens is 1. The van der Waals surface area contributed by atoms with Crippen LogP contribution in [0.5, 0.6) is 0 Å². The molecule has 0 aromatic carbocycles. The van der Waals surface area contributed by atoms with Gasteiger partial charge in [-0.05, 0) is 31.9 Å². The zero-order chi connectivity index (χ0) is 17.4. The lowest BCUT2D eigenvalue weighted by Crippen LogP contribution is -2.35. The fourth-order valence-corrected chi connectivity index (χ4v) is 5.32. The van der Waals surface area contributed by atoms with E-state index in [1.165, 1.54) is 29.1 Å². The van der Waals surface area contributed by atoms with E-state index in [1.54, 1.807) is 11.3 Å². The lowest BCUT2D eigenvalue weighted by molar-refractivity contribution is -0.129. The van der Waals surface area contributed by atoms with Gasteiger partial charge in [0, 0.05) is 29.3 Å². The average Bonchev–Trinajstić information content (AvgIpc) is 3.32. The van der Waals surface area contributed by atoms with Gasteiger partial charge in [-0.2, -0.15) is 0 Å². The Hall–Kier alpha value is -1.73. The van der Waals surface area contributed by atoms with E-state index in [2.05, 4.69) is 29.4 Å². The van der Waals surface area contributed by atoms with Crippen LogP contribution in [0, 0.1) is 12.8 Å². The second kappa shape index (κ2) is 6.88. The molecule has 2 amide bonds. The molecule has 0 spiro atoms. The maximum atomic E-state index is 12.5. The van der Waals surface area contributed by atoms with Crippen LogP contribution in [0.2, 0.25) is 0 Å². The number of aryl methyl sites for hydroxylation is 1. The highest BCUT2D eigenvalue weighted by atomic mass is 32.1. The van der Waals surface area contributed by atoms with Crippen LogP contribution in [-0.2, 0) is 9.59 Å². The molecule has 2 aliphatic rings. The molecule has 0 radical (unpaired) electrons. The molecular weight excluding hydrogens is 354 g/mol. The van der Waals surface area contributed by atoms with Gasteiger partial charge in [0.1, 0.15) is 0 Å². The van der Waals surface area contributed by atoms with Crippen molar-refractivity contribution in [2.75, 3.05) is 11.9 Å². The van der Waals surface area contributed by atoms with Gasteiger partial charge in [0.2, 0.25) is 11.8 Å². The third-order valence-corrected chi connectivity index (χ3v) is 6.80. The van der Waals surface area contributed by atoms with Crippen LogP contribution >= 0.6 is 22.7 Å². The number of rotatable bonds is 4. The highest BCUT2D eigenvalue weighted by Crippen LogP contribution is 2.32. The lowest BCUT2D eigenvalue weighted by Gasteiger charge is -2.23. The van der Waals surface area contributed by atoms with E-state index in [1.807, 2.05) is 10.3 Å². The molecule has 1 saturated heterocycles. The SMILES string of the molecule is Cc1ccc(-c2csc(NC(=O)[C@H]3CC(=O)N(C4CCCC4)C3)n2)s1. The highest BCUT2D eigenvalue weighted by Gasteiger charge is 2.38. The number of thiazole rings is 1. The molecule has 2 fully saturated rings. The maximum absolute atomic E-state index is 12.5. The summed E-state index contributed by atoms with van der Waals surface area (Å²) in [6.07, 6.45) is 4.86. The van der Waals surface area contributed by atoms with Gasteiger partial charge in [-0.15, -0.1) is 22.7 Å². The van der Waals surface area contributed by atoms with Crippen LogP contribution < -0.4 is 5.32 Å². The van der Waals surface area contributed by atoms with Crippen molar-refractivity contribution in [3.8, 4) is 10.6 Å². The van der Waals surface area contributed by atoms with Crippen molar-refractivity contribution in [2.45, 2.75) is 45.1 Å². The van der Waals surface area contributed by atoms with Gasteiger partial charge >= 0.3 is 0 Å². The molecule has 1 aliphatic carbocycles. The van der Waals surface area contributed by atoms with E-state index >= 15 is 0 Å². The number of nitrogens with one attached hydrogen (secondary N) is 1. The second-order valence-electron chi connectivity index (χ2n) is 6.82. The predicted molar refractivity (Wildman–Crippen MR) is 101 cm³/mol. The third kappa shape index (κ3) is 3.48. The molecule has 2 aromatic rings. The van der Waals surface area contributed by atoms with Crippen LogP contribution in [0.1, 0.15) is 37.0 Å². The first kappa shape index (κ1) is 16.7. The molecule has 1 saturated carbocycles. The molecule has 5 nitrogen and oxygen atoms in total. The van der Waals surface area contributed by atoms with Crippen LogP contribution in [0.25, 0.3) is 10.6 Å². The minimum absolute atomic E-state index is 0.0860. The Kier molecular flexibility index (Phi) is 4.60. The number of carbonyl (C=O) groups excluding carboxylic acids is 2. The van der Waals surface area contributed by atoms with E-state index in [0.717, 1.165) is 23.4 Å². The Bertz CT molecular complexity index is 792. The van der Waals surface area contributed by atoms with Crippen LogP contribution in [0.3, 0.4) is 0 Å². The van der Waals surface area contributed by atoms with Crippen LogP contribution in [0.4, 0.5) is 5.13 Å². The number of nitrogens with zero attached hydrogens (tertiary/aromatic N) is 2. The van der Waals surface area contributed by atoms with Gasteiger partial charge in [-0.3, -0.25) is 9.59 Å². The number of anilines is 1. The third-order valence-electron chi connectivity index (χ3n) is 5.02. The molecule has 0 bridgehead atoms. The van der Waals surface area contributed by atoms with Crippen molar-refractivity contribution in [1.82, 2.24) is 9.88 Å². The molecule has 7 heteroatoms. The number of carbonyl (C=O) groups is 2. The number of thiophene rings is 1. The summed E-state index contributed by atoms with van der Waals surface area (Å²) in [5, 5.41) is 5.48. The molecule has 1 atom stereocenters. The molecular formula is C18H21N3O2S2. The van der Waals surface area contributed by atoms with Gasteiger partial charge in [0.05, 0.1) is 16.5 Å². The monoisotopic (exact) mass is 375 g/mol. The number of likely N-dealkylation sites (tertiary alicyclic amines) is 1. The topological polar surface area (TPSA) is 62.3 Å². The Balaban J connectivity index is 1.39. The zero-order valence-corrected chi connectivity index (χ0v) is 15.8. The van der Waals surface area contributed by atoms with Crippen molar-refractivity contribution >= 4 is 39.6 Å². The Morgan fingerprint density at radius 2 is 2.12 bits per heavy atom. The molecule has 0 unspecified atom stereocenters. The lowest BCUT2D eigenvalue weighted by atomic mass is 10.1. The fraction of sp³-hybridized carbons (Fsp3) is 0.500. The van der Waals surface area contributed by atoms with E-state index < -0.39 is 0 Å². The smallest absolute Gasteiger partial charge is 0.231 e. The Morgan fingerprint density at radius 1 is 1.32 bits per heavy atom. The normalized spacial score (nSPS) is 21.2. The van der Waals surface area contributed by atoms with E-state index in [4.69, 9.17) is 0 Å². The van der Waals surface area contributed by atoms with E-state index in [0.29, 0.717) is 24.1 Å². The fourth-order valence-electron chi connectivity index (χ4n) is 3.70. The van der Waals surface area contributed by atoms with Gasteiger partial charge < -0.3 is 10.2 Å². The minimum Gasteiger partial charge on any atom is -0.339 e. The summed E-state index contributed by atoms with van der Waals surface area (Å²) in [5.41, 5.74) is 0.897. The van der Waals surface area contributed by atoms with E-state index in [-0.39, 0.29) is 17.7 Å². The summed E-state index contributed by atoms with van der Waals surface area (Å²) in [4.78, 5) is 33.6. The van der Waals surface area contributed by atoms with Gasteiger partial charge in [-0.25, -0.2) is 4.98 Å². The number of amides is 2. The number of hydrogen-bond acceptors (Lipinski definition) is 5. The molecule has 3 heterocycles. The predicted octanol–water partition coefficient (Wildman–Crippen LogP) is 3.91. The van der Waals surface area contributed by atoms with Crippen molar-refractivity contribution in [3.63, 3.8) is 0 Å². The summed E-state index contributed by atoms with van der Waals surface area (Å²) in [7, 11) is 0. The minimum atomic E-state index is -0.260. The molecule has 4 rings (SSSR count). The van der Waals surface area contributed by atoms with Gasteiger partial charge in [0.25, 0.3) is 0 Å². The zero-order valence-electron chi connectivity index (χ0n) is 14.2. The van der Waals surface area contributed by atoms with E-state index in [9.17, 15) is 9.59 Å². The van der Waals surface area contributed by atoms with Crippen molar-refractivity contribution < 1.29 is 9.59 Å². The summed E-state index contributed by atoms with van der Waals surface area (Å²) in [6.45, 7) is 2.62. The summed E-state index contributed by atoms with van der Waals surface area (Å²) >= 11 is 3.13. The molecule has 1 aliphatic heterocycles.